The van der Waals surface area contributed by atoms with Crippen LogP contribution in [0, 0.1) is 6.92 Å². The quantitative estimate of drug-likeness (QED) is 0.679. The van der Waals surface area contributed by atoms with Crippen molar-refractivity contribution in [1.82, 2.24) is 5.32 Å². The summed E-state index contributed by atoms with van der Waals surface area (Å²) in [6, 6.07) is 8.22. The molecule has 0 amide bonds. The van der Waals surface area contributed by atoms with Crippen LogP contribution in [0.3, 0.4) is 0 Å². The third-order valence-electron chi connectivity index (χ3n) is 3.07. The van der Waals surface area contributed by atoms with E-state index in [1.807, 2.05) is 6.92 Å². The molecule has 0 radical (unpaired) electrons. The second-order valence-electron chi connectivity index (χ2n) is 4.29. The van der Waals surface area contributed by atoms with Crippen molar-refractivity contribution in [2.75, 3.05) is 13.2 Å². The summed E-state index contributed by atoms with van der Waals surface area (Å²) in [7, 11) is 0. The molecule has 0 saturated carbocycles. The molecule has 3 heteroatoms. The normalized spacial score (nSPS) is 11.8. The molecule has 1 aromatic carbocycles. The van der Waals surface area contributed by atoms with Gasteiger partial charge in [0.2, 0.25) is 0 Å². The van der Waals surface area contributed by atoms with E-state index < -0.39 is 5.54 Å². The van der Waals surface area contributed by atoms with E-state index in [4.69, 9.17) is 0 Å². The summed E-state index contributed by atoms with van der Waals surface area (Å²) in [5, 5.41) is 21.8. The van der Waals surface area contributed by atoms with Gasteiger partial charge in [-0.3, -0.25) is 0 Å². The summed E-state index contributed by atoms with van der Waals surface area (Å²) >= 11 is 0. The Hall–Kier alpha value is -0.900. The fraction of sp³-hybridized carbons (Fsp3) is 0.538. The zero-order chi connectivity index (χ0) is 12.0. The van der Waals surface area contributed by atoms with E-state index in [1.54, 1.807) is 0 Å². The van der Waals surface area contributed by atoms with E-state index in [0.29, 0.717) is 13.0 Å². The maximum absolute atomic E-state index is 9.28. The topological polar surface area (TPSA) is 52.5 Å². The minimum Gasteiger partial charge on any atom is -0.394 e. The lowest BCUT2D eigenvalue weighted by atomic mass is 9.98. The van der Waals surface area contributed by atoms with Crippen LogP contribution in [0.5, 0.6) is 0 Å². The van der Waals surface area contributed by atoms with E-state index in [-0.39, 0.29) is 13.2 Å². The molecule has 0 aromatic heterocycles. The first-order valence-electron chi connectivity index (χ1n) is 5.68. The molecule has 0 aliphatic rings. The van der Waals surface area contributed by atoms with E-state index in [2.05, 4.69) is 36.5 Å². The maximum atomic E-state index is 9.28. The fourth-order valence-electron chi connectivity index (χ4n) is 1.51. The average molecular weight is 223 g/mol. The maximum Gasteiger partial charge on any atom is 0.0648 e. The predicted molar refractivity (Wildman–Crippen MR) is 65.2 cm³/mol. The fourth-order valence-corrected chi connectivity index (χ4v) is 1.51. The molecular weight excluding hydrogens is 202 g/mol. The molecular formula is C13H21NO2. The third kappa shape index (κ3) is 3.30. The second-order valence-corrected chi connectivity index (χ2v) is 4.29. The Morgan fingerprint density at radius 3 is 2.12 bits per heavy atom. The van der Waals surface area contributed by atoms with E-state index >= 15 is 0 Å². The molecule has 16 heavy (non-hydrogen) atoms. The molecule has 0 bridgehead atoms. The second kappa shape index (κ2) is 5.99. The van der Waals surface area contributed by atoms with Crippen molar-refractivity contribution in [3.63, 3.8) is 0 Å². The molecule has 0 aliphatic carbocycles. The summed E-state index contributed by atoms with van der Waals surface area (Å²) in [6.45, 7) is 4.57. The Morgan fingerprint density at radius 1 is 1.12 bits per heavy atom. The smallest absolute Gasteiger partial charge is 0.0648 e. The van der Waals surface area contributed by atoms with Crippen molar-refractivity contribution in [1.29, 1.82) is 0 Å². The van der Waals surface area contributed by atoms with Gasteiger partial charge < -0.3 is 15.5 Å². The van der Waals surface area contributed by atoms with Gasteiger partial charge in [-0.05, 0) is 18.9 Å². The summed E-state index contributed by atoms with van der Waals surface area (Å²) < 4.78 is 0. The molecule has 0 fully saturated rings. The monoisotopic (exact) mass is 223 g/mol. The van der Waals surface area contributed by atoms with Crippen LogP contribution >= 0.6 is 0 Å². The molecule has 0 unspecified atom stereocenters. The largest absolute Gasteiger partial charge is 0.394 e. The van der Waals surface area contributed by atoms with Crippen molar-refractivity contribution in [2.24, 2.45) is 0 Å². The molecule has 0 heterocycles. The summed E-state index contributed by atoms with van der Waals surface area (Å²) in [5.74, 6) is 0. The minimum absolute atomic E-state index is 0.0497. The van der Waals surface area contributed by atoms with Crippen molar-refractivity contribution in [2.45, 2.75) is 32.4 Å². The van der Waals surface area contributed by atoms with Crippen LogP contribution in [0.4, 0.5) is 0 Å². The van der Waals surface area contributed by atoms with Gasteiger partial charge in [-0.25, -0.2) is 0 Å². The lowest BCUT2D eigenvalue weighted by Gasteiger charge is -2.29. The number of hydrogen-bond acceptors (Lipinski definition) is 3. The number of aryl methyl sites for hydroxylation is 1. The zero-order valence-electron chi connectivity index (χ0n) is 10.0. The van der Waals surface area contributed by atoms with E-state index in [1.165, 1.54) is 5.56 Å². The van der Waals surface area contributed by atoms with Crippen LogP contribution < -0.4 is 5.32 Å². The van der Waals surface area contributed by atoms with Crippen LogP contribution in [0.1, 0.15) is 24.5 Å². The van der Waals surface area contributed by atoms with Gasteiger partial charge >= 0.3 is 0 Å². The highest BCUT2D eigenvalue weighted by Gasteiger charge is 2.25. The molecule has 0 spiro atoms. The minimum atomic E-state index is -0.565. The first-order valence-corrected chi connectivity index (χ1v) is 5.68. The Morgan fingerprint density at radius 2 is 1.69 bits per heavy atom. The molecule has 3 nitrogen and oxygen atoms in total. The van der Waals surface area contributed by atoms with Gasteiger partial charge in [0.25, 0.3) is 0 Å². The van der Waals surface area contributed by atoms with Crippen molar-refractivity contribution >= 4 is 0 Å². The van der Waals surface area contributed by atoms with Crippen LogP contribution in [0.2, 0.25) is 0 Å². The molecule has 0 saturated heterocycles. The summed E-state index contributed by atoms with van der Waals surface area (Å²) in [6.07, 6.45) is 0.700. The van der Waals surface area contributed by atoms with Crippen molar-refractivity contribution in [3.05, 3.63) is 35.4 Å². The molecule has 0 atom stereocenters. The highest BCUT2D eigenvalue weighted by atomic mass is 16.3. The standard InChI is InChI=1S/C13H21NO2/c1-3-13(9-15,10-16)14-8-12-6-4-11(2)5-7-12/h4-7,14-16H,3,8-10H2,1-2H3. The van der Waals surface area contributed by atoms with Crippen LogP contribution in [-0.4, -0.2) is 29.0 Å². The molecule has 3 N–H and O–H groups in total. The number of aliphatic hydroxyl groups is 2. The van der Waals surface area contributed by atoms with Crippen LogP contribution in [0.25, 0.3) is 0 Å². The van der Waals surface area contributed by atoms with Crippen LogP contribution in [0.15, 0.2) is 24.3 Å². The van der Waals surface area contributed by atoms with Gasteiger partial charge in [0.15, 0.2) is 0 Å². The Kier molecular flexibility index (Phi) is 4.93. The number of rotatable bonds is 6. The third-order valence-corrected chi connectivity index (χ3v) is 3.07. The number of aliphatic hydroxyl groups excluding tert-OH is 2. The lowest BCUT2D eigenvalue weighted by Crippen LogP contribution is -2.50. The van der Waals surface area contributed by atoms with Gasteiger partial charge in [-0.1, -0.05) is 36.8 Å². The van der Waals surface area contributed by atoms with E-state index in [0.717, 1.165) is 5.56 Å². The van der Waals surface area contributed by atoms with Crippen LogP contribution in [-0.2, 0) is 6.54 Å². The summed E-state index contributed by atoms with van der Waals surface area (Å²) in [4.78, 5) is 0. The van der Waals surface area contributed by atoms with E-state index in [9.17, 15) is 10.2 Å². The molecule has 1 aromatic rings. The van der Waals surface area contributed by atoms with Gasteiger partial charge in [-0.2, -0.15) is 0 Å². The number of benzene rings is 1. The molecule has 90 valence electrons. The highest BCUT2D eigenvalue weighted by molar-refractivity contribution is 5.21. The average Bonchev–Trinajstić information content (AvgIpc) is 2.34. The predicted octanol–water partition coefficient (Wildman–Crippen LogP) is 1.22. The first kappa shape index (κ1) is 13.2. The molecule has 0 aliphatic heterocycles. The Bertz CT molecular complexity index is 296. The zero-order valence-corrected chi connectivity index (χ0v) is 10.0. The van der Waals surface area contributed by atoms with Crippen molar-refractivity contribution < 1.29 is 10.2 Å². The van der Waals surface area contributed by atoms with Gasteiger partial charge in [-0.15, -0.1) is 0 Å². The number of hydrogen-bond donors (Lipinski definition) is 3. The van der Waals surface area contributed by atoms with Gasteiger partial charge in [0.1, 0.15) is 0 Å². The lowest BCUT2D eigenvalue weighted by molar-refractivity contribution is 0.0864. The van der Waals surface area contributed by atoms with Crippen molar-refractivity contribution in [3.8, 4) is 0 Å². The van der Waals surface area contributed by atoms with Gasteiger partial charge in [0.05, 0.1) is 18.8 Å². The number of nitrogens with one attached hydrogen (secondary N) is 1. The molecule has 1 rings (SSSR count). The highest BCUT2D eigenvalue weighted by Crippen LogP contribution is 2.10. The Balaban J connectivity index is 2.58. The SMILES string of the molecule is CCC(CO)(CO)NCc1ccc(C)cc1. The van der Waals surface area contributed by atoms with Gasteiger partial charge in [0, 0.05) is 6.54 Å². The summed E-state index contributed by atoms with van der Waals surface area (Å²) in [5.41, 5.74) is 1.82. The Labute approximate surface area is 97.1 Å². The first-order chi connectivity index (χ1) is 7.65.